The smallest absolute Gasteiger partial charge is 0.256 e. The van der Waals surface area contributed by atoms with Crippen molar-refractivity contribution in [1.29, 1.82) is 0 Å². The number of para-hydroxylation sites is 1. The van der Waals surface area contributed by atoms with Gasteiger partial charge in [-0.25, -0.2) is 0 Å². The van der Waals surface area contributed by atoms with Crippen LogP contribution in [0, 0.1) is 6.92 Å². The quantitative estimate of drug-likeness (QED) is 0.399. The Labute approximate surface area is 173 Å². The summed E-state index contributed by atoms with van der Waals surface area (Å²) in [6.45, 7) is 6.29. The molecule has 3 heteroatoms. The van der Waals surface area contributed by atoms with Crippen molar-refractivity contribution in [1.82, 2.24) is 0 Å². The molecule has 0 saturated heterocycles. The summed E-state index contributed by atoms with van der Waals surface area (Å²) in [5.74, 6) is 0.980. The molecule has 148 valence electrons. The first kappa shape index (κ1) is 20.4. The lowest BCUT2D eigenvalue weighted by Gasteiger charge is -2.17. The van der Waals surface area contributed by atoms with Gasteiger partial charge in [-0.1, -0.05) is 74.5 Å². The fraction of sp³-hybridized carbons (Fsp3) is 0.192. The average molecular weight is 386 g/mol. The largest absolute Gasteiger partial charge is 0.497 e. The predicted molar refractivity (Wildman–Crippen MR) is 121 cm³/mol. The second kappa shape index (κ2) is 9.24. The van der Waals surface area contributed by atoms with Crippen LogP contribution in [0.4, 0.5) is 5.69 Å². The van der Waals surface area contributed by atoms with Gasteiger partial charge in [0.1, 0.15) is 5.75 Å². The Bertz CT molecular complexity index is 1000. The number of carbonyl (C=O) groups is 1. The van der Waals surface area contributed by atoms with Gasteiger partial charge in [0.05, 0.1) is 7.11 Å². The third-order valence-electron chi connectivity index (χ3n) is 4.92. The van der Waals surface area contributed by atoms with E-state index in [4.69, 9.17) is 4.74 Å². The highest BCUT2D eigenvalue weighted by molar-refractivity contribution is 6.29. The van der Waals surface area contributed by atoms with E-state index in [1.807, 2.05) is 79.7 Å². The molecule has 3 nitrogen and oxygen atoms in total. The summed E-state index contributed by atoms with van der Waals surface area (Å²) in [5.41, 5.74) is 5.52. The summed E-state index contributed by atoms with van der Waals surface area (Å²) in [6.07, 6.45) is 1.91. The lowest BCUT2D eigenvalue weighted by atomic mass is 9.97. The van der Waals surface area contributed by atoms with Crippen LogP contribution in [0.3, 0.4) is 0 Å². The number of rotatable bonds is 6. The third-order valence-corrected chi connectivity index (χ3v) is 4.92. The second-order valence-electron chi connectivity index (χ2n) is 7.35. The van der Waals surface area contributed by atoms with Gasteiger partial charge in [0.25, 0.3) is 5.91 Å². The summed E-state index contributed by atoms with van der Waals surface area (Å²) >= 11 is 0. The molecule has 0 spiro atoms. The zero-order valence-electron chi connectivity index (χ0n) is 17.4. The fourth-order valence-corrected chi connectivity index (χ4v) is 3.29. The van der Waals surface area contributed by atoms with E-state index in [2.05, 4.69) is 25.2 Å². The van der Waals surface area contributed by atoms with E-state index in [0.29, 0.717) is 11.5 Å². The van der Waals surface area contributed by atoms with E-state index >= 15 is 0 Å². The minimum absolute atomic E-state index is 0.122. The minimum Gasteiger partial charge on any atom is -0.497 e. The van der Waals surface area contributed by atoms with E-state index < -0.39 is 0 Å². The summed E-state index contributed by atoms with van der Waals surface area (Å²) in [4.78, 5) is 13.4. The molecule has 0 fully saturated rings. The highest BCUT2D eigenvalue weighted by Gasteiger charge is 2.16. The van der Waals surface area contributed by atoms with Crippen LogP contribution < -0.4 is 10.1 Å². The zero-order valence-corrected chi connectivity index (χ0v) is 17.4. The Balaban J connectivity index is 2.01. The van der Waals surface area contributed by atoms with Crippen molar-refractivity contribution in [3.8, 4) is 5.75 Å². The highest BCUT2D eigenvalue weighted by Crippen LogP contribution is 2.29. The van der Waals surface area contributed by atoms with Crippen molar-refractivity contribution in [2.45, 2.75) is 26.7 Å². The number of aryl methyl sites for hydroxylation is 1. The molecule has 0 heterocycles. The molecule has 3 rings (SSSR count). The maximum atomic E-state index is 13.4. The van der Waals surface area contributed by atoms with Gasteiger partial charge in [-0.05, 0) is 53.3 Å². The molecule has 3 aromatic carbocycles. The SMILES string of the molecule is COc1ccc(/C=C(/C(=O)Nc2c(C)cccc2C(C)C)c2ccccc2)cc1. The van der Waals surface area contributed by atoms with Crippen LogP contribution in [0.5, 0.6) is 5.75 Å². The zero-order chi connectivity index (χ0) is 20.8. The Morgan fingerprint density at radius 1 is 0.931 bits per heavy atom. The Kier molecular flexibility index (Phi) is 6.50. The number of hydrogen-bond donors (Lipinski definition) is 1. The first-order valence-electron chi connectivity index (χ1n) is 9.81. The molecular formula is C26H27NO2. The summed E-state index contributed by atoms with van der Waals surface area (Å²) in [5, 5.41) is 3.17. The molecule has 0 aromatic heterocycles. The van der Waals surface area contributed by atoms with Crippen LogP contribution in [-0.4, -0.2) is 13.0 Å². The number of anilines is 1. The maximum Gasteiger partial charge on any atom is 0.256 e. The Morgan fingerprint density at radius 2 is 1.62 bits per heavy atom. The fourth-order valence-electron chi connectivity index (χ4n) is 3.29. The molecule has 0 saturated carbocycles. The Hall–Kier alpha value is -3.33. The van der Waals surface area contributed by atoms with Crippen LogP contribution in [0.2, 0.25) is 0 Å². The Morgan fingerprint density at radius 3 is 2.24 bits per heavy atom. The van der Waals surface area contributed by atoms with Crippen LogP contribution in [0.25, 0.3) is 11.6 Å². The van der Waals surface area contributed by atoms with E-state index in [0.717, 1.165) is 33.7 Å². The second-order valence-corrected chi connectivity index (χ2v) is 7.35. The molecule has 29 heavy (non-hydrogen) atoms. The summed E-state index contributed by atoms with van der Waals surface area (Å²) < 4.78 is 5.23. The topological polar surface area (TPSA) is 38.3 Å². The average Bonchev–Trinajstić information content (AvgIpc) is 2.74. The summed E-state index contributed by atoms with van der Waals surface area (Å²) in [7, 11) is 1.64. The minimum atomic E-state index is -0.122. The number of carbonyl (C=O) groups excluding carboxylic acids is 1. The standard InChI is InChI=1S/C26H27NO2/c1-18(2)23-12-8-9-19(3)25(23)27-26(28)24(21-10-6-5-7-11-21)17-20-13-15-22(29-4)16-14-20/h5-18H,1-4H3,(H,27,28)/b24-17+. The van der Waals surface area contributed by atoms with E-state index in [1.165, 1.54) is 0 Å². The monoisotopic (exact) mass is 385 g/mol. The van der Waals surface area contributed by atoms with E-state index in [9.17, 15) is 4.79 Å². The van der Waals surface area contributed by atoms with Crippen molar-refractivity contribution in [2.75, 3.05) is 12.4 Å². The molecule has 3 aromatic rings. The maximum absolute atomic E-state index is 13.4. The molecular weight excluding hydrogens is 358 g/mol. The molecule has 0 unspecified atom stereocenters. The van der Waals surface area contributed by atoms with Crippen molar-refractivity contribution >= 4 is 23.2 Å². The van der Waals surface area contributed by atoms with Gasteiger partial charge >= 0.3 is 0 Å². The molecule has 1 N–H and O–H groups in total. The number of benzene rings is 3. The molecule has 0 aliphatic carbocycles. The van der Waals surface area contributed by atoms with Crippen LogP contribution in [-0.2, 0) is 4.79 Å². The van der Waals surface area contributed by atoms with Crippen LogP contribution in [0.15, 0.2) is 72.8 Å². The molecule has 1 amide bonds. The third kappa shape index (κ3) is 4.94. The number of amides is 1. The highest BCUT2D eigenvalue weighted by atomic mass is 16.5. The van der Waals surface area contributed by atoms with Gasteiger partial charge < -0.3 is 10.1 Å². The summed E-state index contributed by atoms with van der Waals surface area (Å²) in [6, 6.07) is 23.6. The lowest BCUT2D eigenvalue weighted by molar-refractivity contribution is -0.111. The van der Waals surface area contributed by atoms with Gasteiger partial charge in [0.15, 0.2) is 0 Å². The number of ether oxygens (including phenoxy) is 1. The van der Waals surface area contributed by atoms with Gasteiger partial charge in [-0.3, -0.25) is 4.79 Å². The van der Waals surface area contributed by atoms with E-state index in [1.54, 1.807) is 7.11 Å². The molecule has 0 atom stereocenters. The molecule has 0 aliphatic rings. The van der Waals surface area contributed by atoms with Crippen LogP contribution in [0.1, 0.15) is 42.0 Å². The number of nitrogens with one attached hydrogen (secondary N) is 1. The first-order chi connectivity index (χ1) is 14.0. The van der Waals surface area contributed by atoms with Crippen molar-refractivity contribution in [3.63, 3.8) is 0 Å². The molecule has 0 radical (unpaired) electrons. The predicted octanol–water partition coefficient (Wildman–Crippen LogP) is 6.31. The normalized spacial score (nSPS) is 11.4. The van der Waals surface area contributed by atoms with Gasteiger partial charge in [0, 0.05) is 11.3 Å². The number of methoxy groups -OCH3 is 1. The first-order valence-corrected chi connectivity index (χ1v) is 9.81. The molecule has 0 bridgehead atoms. The van der Waals surface area contributed by atoms with E-state index in [-0.39, 0.29) is 5.91 Å². The van der Waals surface area contributed by atoms with Crippen molar-refractivity contribution in [2.24, 2.45) is 0 Å². The van der Waals surface area contributed by atoms with Gasteiger partial charge in [-0.15, -0.1) is 0 Å². The van der Waals surface area contributed by atoms with Gasteiger partial charge in [0.2, 0.25) is 0 Å². The lowest BCUT2D eigenvalue weighted by Crippen LogP contribution is -2.16. The van der Waals surface area contributed by atoms with Crippen molar-refractivity contribution in [3.05, 3.63) is 95.1 Å². The van der Waals surface area contributed by atoms with Crippen LogP contribution >= 0.6 is 0 Å². The number of hydrogen-bond acceptors (Lipinski definition) is 2. The van der Waals surface area contributed by atoms with Crippen molar-refractivity contribution < 1.29 is 9.53 Å². The molecule has 0 aliphatic heterocycles. The van der Waals surface area contributed by atoms with Gasteiger partial charge in [-0.2, -0.15) is 0 Å².